The minimum atomic E-state index is -0.391. The molecule has 1 aliphatic carbocycles. The average Bonchev–Trinajstić information content (AvgIpc) is 3.12. The zero-order valence-corrected chi connectivity index (χ0v) is 14.3. The molecule has 5 heteroatoms. The van der Waals surface area contributed by atoms with Crippen LogP contribution in [0.5, 0.6) is 0 Å². The number of hydrogen-bond acceptors (Lipinski definition) is 5. The van der Waals surface area contributed by atoms with Gasteiger partial charge in [0, 0.05) is 5.57 Å². The Morgan fingerprint density at radius 2 is 2.08 bits per heavy atom. The van der Waals surface area contributed by atoms with Gasteiger partial charge in [-0.2, -0.15) is 5.26 Å². The molecule has 2 atom stereocenters. The van der Waals surface area contributed by atoms with Crippen molar-refractivity contribution in [2.24, 2.45) is 17.3 Å². The molecule has 0 heterocycles. The second-order valence-electron chi connectivity index (χ2n) is 6.59. The predicted octanol–water partition coefficient (Wildman–Crippen LogP) is 2.99. The van der Waals surface area contributed by atoms with Crippen LogP contribution in [-0.2, 0) is 25.7 Å². The van der Waals surface area contributed by atoms with Crippen molar-refractivity contribution >= 4 is 11.9 Å². The fourth-order valence-electron chi connectivity index (χ4n) is 2.91. The van der Waals surface area contributed by atoms with E-state index in [1.807, 2.05) is 19.9 Å². The molecule has 1 aromatic rings. The molecule has 2 unspecified atom stereocenters. The van der Waals surface area contributed by atoms with E-state index < -0.39 is 5.97 Å². The van der Waals surface area contributed by atoms with Crippen LogP contribution in [-0.4, -0.2) is 19.0 Å². The lowest BCUT2D eigenvalue weighted by atomic mass is 10.1. The zero-order valence-electron chi connectivity index (χ0n) is 14.3. The van der Waals surface area contributed by atoms with Gasteiger partial charge in [0.15, 0.2) is 0 Å². The second-order valence-corrected chi connectivity index (χ2v) is 6.59. The Balaban J connectivity index is 2.00. The molecular weight excluding hydrogens is 306 g/mol. The quantitative estimate of drug-likeness (QED) is 0.614. The van der Waals surface area contributed by atoms with Crippen LogP contribution in [0.3, 0.4) is 0 Å². The SMILES string of the molecule is COC(=O)/C(C)=C\C1C(C(=O)OCc2cccc(C#N)c2)C1(C)C. The van der Waals surface area contributed by atoms with Gasteiger partial charge in [-0.1, -0.05) is 32.1 Å². The number of benzene rings is 1. The van der Waals surface area contributed by atoms with E-state index in [1.165, 1.54) is 7.11 Å². The van der Waals surface area contributed by atoms with Crippen molar-refractivity contribution in [1.29, 1.82) is 5.26 Å². The van der Waals surface area contributed by atoms with Gasteiger partial charge in [-0.3, -0.25) is 4.79 Å². The number of nitrogens with zero attached hydrogens (tertiary/aromatic N) is 1. The molecule has 126 valence electrons. The third kappa shape index (κ3) is 3.65. The fraction of sp³-hybridized carbons (Fsp3) is 0.421. The third-order valence-electron chi connectivity index (χ3n) is 4.54. The van der Waals surface area contributed by atoms with Gasteiger partial charge >= 0.3 is 11.9 Å². The maximum absolute atomic E-state index is 12.3. The van der Waals surface area contributed by atoms with E-state index in [0.717, 1.165) is 5.56 Å². The molecule has 1 aromatic carbocycles. The van der Waals surface area contributed by atoms with Crippen LogP contribution < -0.4 is 0 Å². The van der Waals surface area contributed by atoms with Crippen LogP contribution in [0.4, 0.5) is 0 Å². The summed E-state index contributed by atoms with van der Waals surface area (Å²) in [5.74, 6) is -1.01. The monoisotopic (exact) mass is 327 g/mol. The van der Waals surface area contributed by atoms with E-state index in [2.05, 4.69) is 10.8 Å². The predicted molar refractivity (Wildman–Crippen MR) is 87.5 cm³/mol. The van der Waals surface area contributed by atoms with Crippen molar-refractivity contribution in [3.63, 3.8) is 0 Å². The van der Waals surface area contributed by atoms with E-state index in [1.54, 1.807) is 31.2 Å². The molecule has 0 amide bonds. The van der Waals surface area contributed by atoms with Gasteiger partial charge in [-0.25, -0.2) is 4.79 Å². The van der Waals surface area contributed by atoms with Gasteiger partial charge in [0.05, 0.1) is 24.7 Å². The lowest BCUT2D eigenvalue weighted by molar-refractivity contribution is -0.147. The molecule has 0 saturated heterocycles. The van der Waals surface area contributed by atoms with Gasteiger partial charge in [-0.05, 0) is 36.0 Å². The molecule has 0 bridgehead atoms. The van der Waals surface area contributed by atoms with E-state index in [9.17, 15) is 9.59 Å². The molecule has 0 spiro atoms. The normalized spacial score (nSPS) is 21.5. The van der Waals surface area contributed by atoms with Crippen LogP contribution in [0.25, 0.3) is 0 Å². The fourth-order valence-corrected chi connectivity index (χ4v) is 2.91. The average molecular weight is 327 g/mol. The zero-order chi connectivity index (χ0) is 17.9. The molecule has 1 fully saturated rings. The van der Waals surface area contributed by atoms with Crippen LogP contribution >= 0.6 is 0 Å². The second kappa shape index (κ2) is 6.88. The highest BCUT2D eigenvalue weighted by Gasteiger charge is 2.61. The Kier molecular flexibility index (Phi) is 5.08. The molecule has 2 rings (SSSR count). The van der Waals surface area contributed by atoms with Gasteiger partial charge in [0.2, 0.25) is 0 Å². The van der Waals surface area contributed by atoms with E-state index >= 15 is 0 Å². The molecule has 0 radical (unpaired) electrons. The van der Waals surface area contributed by atoms with Gasteiger partial charge in [0.25, 0.3) is 0 Å². The van der Waals surface area contributed by atoms with Crippen LogP contribution in [0.2, 0.25) is 0 Å². The van der Waals surface area contributed by atoms with Crippen LogP contribution in [0, 0.1) is 28.6 Å². The summed E-state index contributed by atoms with van der Waals surface area (Å²) < 4.78 is 10.1. The van der Waals surface area contributed by atoms with Crippen molar-refractivity contribution in [2.75, 3.05) is 7.11 Å². The molecule has 1 aliphatic rings. The number of carbonyl (C=O) groups is 2. The van der Waals surface area contributed by atoms with Crippen molar-refractivity contribution in [3.8, 4) is 6.07 Å². The molecule has 5 nitrogen and oxygen atoms in total. The Hall–Kier alpha value is -2.61. The minimum Gasteiger partial charge on any atom is -0.466 e. The Morgan fingerprint density at radius 1 is 1.38 bits per heavy atom. The van der Waals surface area contributed by atoms with Crippen molar-refractivity contribution < 1.29 is 19.1 Å². The maximum atomic E-state index is 12.3. The first kappa shape index (κ1) is 17.7. The highest BCUT2D eigenvalue weighted by molar-refractivity contribution is 5.88. The summed E-state index contributed by atoms with van der Waals surface area (Å²) in [5.41, 5.74) is 1.55. The summed E-state index contributed by atoms with van der Waals surface area (Å²) in [7, 11) is 1.33. The summed E-state index contributed by atoms with van der Waals surface area (Å²) in [6.07, 6.45) is 1.79. The Bertz CT molecular complexity index is 727. The van der Waals surface area contributed by atoms with E-state index in [-0.39, 0.29) is 29.8 Å². The van der Waals surface area contributed by atoms with E-state index in [4.69, 9.17) is 10.00 Å². The van der Waals surface area contributed by atoms with E-state index in [0.29, 0.717) is 11.1 Å². The molecular formula is C19H21NO4. The largest absolute Gasteiger partial charge is 0.466 e. The number of hydrogen-bond donors (Lipinski definition) is 0. The van der Waals surface area contributed by atoms with Gasteiger partial charge in [0.1, 0.15) is 6.61 Å². The highest BCUT2D eigenvalue weighted by atomic mass is 16.5. The van der Waals surface area contributed by atoms with Gasteiger partial charge < -0.3 is 9.47 Å². The number of rotatable bonds is 5. The number of ether oxygens (including phenoxy) is 2. The first-order valence-electron chi connectivity index (χ1n) is 7.73. The lowest BCUT2D eigenvalue weighted by Gasteiger charge is -2.06. The smallest absolute Gasteiger partial charge is 0.333 e. The highest BCUT2D eigenvalue weighted by Crippen LogP contribution is 2.59. The minimum absolute atomic E-state index is 0.0467. The molecule has 1 saturated carbocycles. The molecule has 0 aliphatic heterocycles. The number of carbonyl (C=O) groups excluding carboxylic acids is 2. The first-order valence-corrected chi connectivity index (χ1v) is 7.73. The summed E-state index contributed by atoms with van der Waals surface area (Å²) in [6, 6.07) is 9.02. The van der Waals surface area contributed by atoms with Crippen molar-refractivity contribution in [2.45, 2.75) is 27.4 Å². The van der Waals surface area contributed by atoms with Crippen LogP contribution in [0.15, 0.2) is 35.9 Å². The number of nitriles is 1. The van der Waals surface area contributed by atoms with Crippen LogP contribution in [0.1, 0.15) is 31.9 Å². The molecule has 24 heavy (non-hydrogen) atoms. The van der Waals surface area contributed by atoms with Gasteiger partial charge in [-0.15, -0.1) is 0 Å². The topological polar surface area (TPSA) is 76.4 Å². The van der Waals surface area contributed by atoms with Crippen molar-refractivity contribution in [3.05, 3.63) is 47.0 Å². The summed E-state index contributed by atoms with van der Waals surface area (Å²) >= 11 is 0. The third-order valence-corrected chi connectivity index (χ3v) is 4.54. The summed E-state index contributed by atoms with van der Waals surface area (Å²) in [6.45, 7) is 5.76. The Labute approximate surface area is 141 Å². The number of methoxy groups -OCH3 is 1. The number of esters is 2. The molecule has 0 N–H and O–H groups in total. The maximum Gasteiger partial charge on any atom is 0.333 e. The standard InChI is InChI=1S/C19H21NO4/c1-12(17(21)23-4)8-15-16(19(15,2)3)18(22)24-11-14-7-5-6-13(9-14)10-20/h5-9,15-16H,11H2,1-4H3/b12-8-. The van der Waals surface area contributed by atoms with Crippen molar-refractivity contribution in [1.82, 2.24) is 0 Å². The number of allylic oxidation sites excluding steroid dienone is 1. The summed E-state index contributed by atoms with van der Waals surface area (Å²) in [5, 5.41) is 8.89. The summed E-state index contributed by atoms with van der Waals surface area (Å²) in [4.78, 5) is 23.8. The lowest BCUT2D eigenvalue weighted by Crippen LogP contribution is -2.10. The Morgan fingerprint density at radius 3 is 2.71 bits per heavy atom. The first-order chi connectivity index (χ1) is 11.3. The molecule has 0 aromatic heterocycles.